The molecule has 1 aliphatic rings. The molecule has 0 atom stereocenters. The van der Waals surface area contributed by atoms with Gasteiger partial charge in [-0.25, -0.2) is 9.50 Å². The van der Waals surface area contributed by atoms with Crippen molar-refractivity contribution in [3.05, 3.63) is 78.4 Å². The fourth-order valence-corrected chi connectivity index (χ4v) is 4.82. The molecule has 1 amide bonds. The van der Waals surface area contributed by atoms with Gasteiger partial charge >= 0.3 is 0 Å². The van der Waals surface area contributed by atoms with Crippen LogP contribution < -0.4 is 11.1 Å². The first-order valence-corrected chi connectivity index (χ1v) is 11.7. The summed E-state index contributed by atoms with van der Waals surface area (Å²) in [7, 11) is 1.78. The zero-order chi connectivity index (χ0) is 23.9. The van der Waals surface area contributed by atoms with Crippen molar-refractivity contribution >= 4 is 28.1 Å². The number of hydrogen-bond donors (Lipinski definition) is 2. The van der Waals surface area contributed by atoms with Crippen molar-refractivity contribution in [2.24, 2.45) is 0 Å². The number of aromatic nitrogens is 5. The maximum atomic E-state index is 12.2. The second-order valence-corrected chi connectivity index (χ2v) is 9.00. The number of hydrogen-bond acceptors (Lipinski definition) is 6. The minimum absolute atomic E-state index is 0.107. The Morgan fingerprint density at radius 2 is 1.97 bits per heavy atom. The Hall–Kier alpha value is -4.24. The van der Waals surface area contributed by atoms with Crippen molar-refractivity contribution in [2.45, 2.75) is 12.5 Å². The summed E-state index contributed by atoms with van der Waals surface area (Å²) in [6, 6.07) is 18.7. The minimum atomic E-state index is 0.107. The van der Waals surface area contributed by atoms with Gasteiger partial charge in [0.2, 0.25) is 5.91 Å². The Morgan fingerprint density at radius 3 is 2.77 bits per heavy atom. The summed E-state index contributed by atoms with van der Waals surface area (Å²) < 4.78 is 3.84. The molecule has 1 saturated heterocycles. The summed E-state index contributed by atoms with van der Waals surface area (Å²) in [5.74, 6) is 0.731. The lowest BCUT2D eigenvalue weighted by Crippen LogP contribution is -2.51. The minimum Gasteiger partial charge on any atom is -0.382 e. The number of nitrogen functional groups attached to an aromatic ring is 1. The van der Waals surface area contributed by atoms with E-state index in [-0.39, 0.29) is 11.8 Å². The van der Waals surface area contributed by atoms with Crippen LogP contribution in [-0.2, 0) is 11.3 Å². The van der Waals surface area contributed by atoms with Crippen LogP contribution >= 0.6 is 0 Å². The largest absolute Gasteiger partial charge is 0.382 e. The number of nitrogens with two attached hydrogens (primary N) is 1. The molecule has 4 heterocycles. The van der Waals surface area contributed by atoms with E-state index in [1.54, 1.807) is 7.05 Å². The van der Waals surface area contributed by atoms with Crippen molar-refractivity contribution in [3.63, 3.8) is 0 Å². The van der Waals surface area contributed by atoms with E-state index >= 15 is 0 Å². The average molecular weight is 467 g/mol. The molecule has 0 unspecified atom stereocenters. The first-order chi connectivity index (χ1) is 17.1. The van der Waals surface area contributed by atoms with E-state index < -0.39 is 0 Å². The zero-order valence-electron chi connectivity index (χ0n) is 19.4. The van der Waals surface area contributed by atoms with Crippen molar-refractivity contribution in [1.82, 2.24) is 34.6 Å². The van der Waals surface area contributed by atoms with Crippen LogP contribution in [0, 0.1) is 0 Å². The molecule has 0 saturated carbocycles. The monoisotopic (exact) mass is 466 g/mol. The van der Waals surface area contributed by atoms with Gasteiger partial charge in [-0.05, 0) is 30.3 Å². The second-order valence-electron chi connectivity index (χ2n) is 9.00. The van der Waals surface area contributed by atoms with E-state index in [1.165, 1.54) is 11.9 Å². The predicted octanol–water partition coefficient (Wildman–Crippen LogP) is 2.52. The molecule has 1 aliphatic heterocycles. The summed E-state index contributed by atoms with van der Waals surface area (Å²) in [5.41, 5.74) is 12.2. The van der Waals surface area contributed by atoms with Gasteiger partial charge in [0.1, 0.15) is 11.8 Å². The van der Waals surface area contributed by atoms with Crippen LogP contribution in [0.2, 0.25) is 0 Å². The van der Waals surface area contributed by atoms with Crippen LogP contribution in [0.25, 0.3) is 27.5 Å². The van der Waals surface area contributed by atoms with Gasteiger partial charge in [-0.15, -0.1) is 0 Å². The number of carbonyl (C=O) groups is 1. The lowest BCUT2D eigenvalue weighted by Gasteiger charge is -2.39. The summed E-state index contributed by atoms with van der Waals surface area (Å²) >= 11 is 0. The van der Waals surface area contributed by atoms with Crippen LogP contribution in [0.15, 0.2) is 67.1 Å². The van der Waals surface area contributed by atoms with E-state index in [4.69, 9.17) is 10.8 Å². The van der Waals surface area contributed by atoms with Crippen LogP contribution in [0.3, 0.4) is 0 Å². The molecule has 3 N–H and O–H groups in total. The van der Waals surface area contributed by atoms with E-state index in [0.717, 1.165) is 39.8 Å². The maximum Gasteiger partial charge on any atom is 0.236 e. The van der Waals surface area contributed by atoms with E-state index in [1.807, 2.05) is 32.3 Å². The predicted molar refractivity (Wildman–Crippen MR) is 135 cm³/mol. The molecule has 6 rings (SSSR count). The Balaban J connectivity index is 1.35. The first kappa shape index (κ1) is 21.3. The van der Waals surface area contributed by atoms with Crippen LogP contribution in [0.1, 0.15) is 17.2 Å². The normalized spacial score (nSPS) is 14.0. The van der Waals surface area contributed by atoms with Crippen molar-refractivity contribution < 1.29 is 4.79 Å². The average Bonchev–Trinajstić information content (AvgIpc) is 3.40. The SMILES string of the molecule is CNCC(=O)N1CC(c2cc(-c3ccc4cn(Cc5ccccc5)nc4c3)c3c(N)ncnn23)C1. The lowest BCUT2D eigenvalue weighted by atomic mass is 9.95. The third-order valence-electron chi connectivity index (χ3n) is 6.64. The number of amides is 1. The van der Waals surface area contributed by atoms with Crippen molar-refractivity contribution in [2.75, 3.05) is 32.4 Å². The standard InChI is InChI=1S/C26H26N8O/c1-28-11-24(35)32-13-20(14-32)23-10-21(25-26(27)29-16-30-34(23)25)18-7-8-19-15-33(31-22(19)9-18)12-17-5-3-2-4-6-17/h2-10,15-16,20,28H,11-14H2,1H3,(H2,27,29,30). The van der Waals surface area contributed by atoms with E-state index in [0.29, 0.717) is 25.5 Å². The molecule has 35 heavy (non-hydrogen) atoms. The Bertz CT molecular complexity index is 1530. The Labute approximate surface area is 202 Å². The fourth-order valence-electron chi connectivity index (χ4n) is 4.82. The molecule has 0 aliphatic carbocycles. The number of carbonyl (C=O) groups excluding carboxylic acids is 1. The summed E-state index contributed by atoms with van der Waals surface area (Å²) in [6.07, 6.45) is 3.55. The van der Waals surface area contributed by atoms with Crippen molar-refractivity contribution in [1.29, 1.82) is 0 Å². The summed E-state index contributed by atoms with van der Waals surface area (Å²) in [4.78, 5) is 18.3. The molecule has 0 radical (unpaired) electrons. The van der Waals surface area contributed by atoms with Crippen LogP contribution in [0.4, 0.5) is 5.82 Å². The molecule has 176 valence electrons. The zero-order valence-corrected chi connectivity index (χ0v) is 19.4. The molecular weight excluding hydrogens is 440 g/mol. The van der Waals surface area contributed by atoms with Gasteiger partial charge in [0.05, 0.1) is 24.3 Å². The number of nitrogens with one attached hydrogen (secondary N) is 1. The molecule has 1 fully saturated rings. The van der Waals surface area contributed by atoms with Gasteiger partial charge in [-0.3, -0.25) is 9.48 Å². The summed E-state index contributed by atoms with van der Waals surface area (Å²) in [5, 5.41) is 13.3. The van der Waals surface area contributed by atoms with Crippen LogP contribution in [-0.4, -0.2) is 61.9 Å². The maximum absolute atomic E-state index is 12.2. The van der Waals surface area contributed by atoms with Gasteiger partial charge in [0, 0.05) is 36.2 Å². The highest BCUT2D eigenvalue weighted by molar-refractivity contribution is 5.92. The highest BCUT2D eigenvalue weighted by Gasteiger charge is 2.34. The number of anilines is 1. The molecular formula is C26H26N8O. The van der Waals surface area contributed by atoms with Crippen molar-refractivity contribution in [3.8, 4) is 11.1 Å². The van der Waals surface area contributed by atoms with Gasteiger partial charge in [-0.2, -0.15) is 10.2 Å². The quantitative estimate of drug-likeness (QED) is 0.398. The topological polar surface area (TPSA) is 106 Å². The van der Waals surface area contributed by atoms with Gasteiger partial charge in [-0.1, -0.05) is 42.5 Å². The van der Waals surface area contributed by atoms with Gasteiger partial charge < -0.3 is 16.0 Å². The van der Waals surface area contributed by atoms with Crippen LogP contribution in [0.5, 0.6) is 0 Å². The smallest absolute Gasteiger partial charge is 0.236 e. The molecule has 0 spiro atoms. The number of fused-ring (bicyclic) bond motifs is 2. The lowest BCUT2D eigenvalue weighted by molar-refractivity contribution is -0.134. The second kappa shape index (κ2) is 8.52. The van der Waals surface area contributed by atoms with E-state index in [2.05, 4.69) is 58.0 Å². The molecule has 5 aromatic rings. The van der Waals surface area contributed by atoms with E-state index in [9.17, 15) is 4.79 Å². The molecule has 2 aromatic carbocycles. The Morgan fingerprint density at radius 1 is 1.14 bits per heavy atom. The first-order valence-electron chi connectivity index (χ1n) is 11.7. The number of rotatable bonds is 6. The number of likely N-dealkylation sites (N-methyl/N-ethyl adjacent to an activating group) is 1. The number of likely N-dealkylation sites (tertiary alicyclic amines) is 1. The number of benzene rings is 2. The van der Waals surface area contributed by atoms with Gasteiger partial charge in [0.25, 0.3) is 0 Å². The molecule has 3 aromatic heterocycles. The molecule has 9 nitrogen and oxygen atoms in total. The molecule has 0 bridgehead atoms. The highest BCUT2D eigenvalue weighted by atomic mass is 16.2. The molecule has 9 heteroatoms. The summed E-state index contributed by atoms with van der Waals surface area (Å²) in [6.45, 7) is 2.39. The van der Waals surface area contributed by atoms with Gasteiger partial charge in [0.15, 0.2) is 5.82 Å². The number of nitrogens with zero attached hydrogens (tertiary/aromatic N) is 6. The fraction of sp³-hybridized carbons (Fsp3) is 0.231. The Kier molecular flexibility index (Phi) is 5.18. The third-order valence-corrected chi connectivity index (χ3v) is 6.64. The highest BCUT2D eigenvalue weighted by Crippen LogP contribution is 2.37. The third kappa shape index (κ3) is 3.79.